The van der Waals surface area contributed by atoms with Crippen molar-refractivity contribution in [3.63, 3.8) is 0 Å². The Morgan fingerprint density at radius 1 is 0.403 bits per heavy atom. The minimum Gasteiger partial charge on any atom is -0.378 e. The van der Waals surface area contributed by atoms with Crippen molar-refractivity contribution in [2.75, 3.05) is 57.0 Å². The number of nitrogens with zero attached hydrogens (tertiary/aromatic N) is 3. The van der Waals surface area contributed by atoms with Gasteiger partial charge in [-0.05, 0) is 93.6 Å². The van der Waals surface area contributed by atoms with E-state index in [9.17, 15) is 28.8 Å². The molecule has 3 atom stereocenters. The monoisotopic (exact) mass is 962 g/mol. The molecule has 3 rings (SSSR count). The molecular formula is C51H66FeN6O9+3. The van der Waals surface area contributed by atoms with Crippen LogP contribution in [0.15, 0.2) is 144 Å². The number of amides is 3. The van der Waals surface area contributed by atoms with Crippen molar-refractivity contribution in [2.45, 2.75) is 41.5 Å². The molecule has 3 aromatic carbocycles. The molecule has 0 fully saturated rings. The summed E-state index contributed by atoms with van der Waals surface area (Å²) in [5.74, 6) is -2.66. The van der Waals surface area contributed by atoms with Crippen LogP contribution in [0.1, 0.15) is 72.6 Å². The fourth-order valence-electron chi connectivity index (χ4n) is 5.87. The molecule has 0 bridgehead atoms. The van der Waals surface area contributed by atoms with Gasteiger partial charge in [-0.15, -0.1) is 0 Å². The molecule has 0 heterocycles. The Hall–Kier alpha value is -6.68. The van der Waals surface area contributed by atoms with Crippen LogP contribution in [0.3, 0.4) is 0 Å². The van der Waals surface area contributed by atoms with Crippen molar-refractivity contribution in [1.82, 2.24) is 16.4 Å². The minimum atomic E-state index is -0.606. The second-order valence-electron chi connectivity index (χ2n) is 15.9. The maximum atomic E-state index is 12.4. The van der Waals surface area contributed by atoms with E-state index in [0.29, 0.717) is 16.7 Å². The molecule has 3 unspecified atom stereocenters. The molecule has 359 valence electrons. The minimum absolute atomic E-state index is 0. The fourth-order valence-corrected chi connectivity index (χ4v) is 5.87. The number of anilines is 3. The predicted molar refractivity (Wildman–Crippen MR) is 261 cm³/mol. The second kappa shape index (κ2) is 31.3. The first-order valence-corrected chi connectivity index (χ1v) is 20.9. The van der Waals surface area contributed by atoms with Crippen molar-refractivity contribution >= 4 is 52.1 Å². The van der Waals surface area contributed by atoms with Gasteiger partial charge in [0.1, 0.15) is 0 Å². The number of carbonyl (C=O) groups excluding carboxylic acids is 6. The van der Waals surface area contributed by atoms with E-state index in [2.05, 4.69) is 0 Å². The fraction of sp³-hybridized carbons (Fsp3) is 0.294. The number of hydrogen-bond donors (Lipinski definition) is 6. The van der Waals surface area contributed by atoms with Gasteiger partial charge in [-0.1, -0.05) is 73.9 Å². The molecule has 15 nitrogen and oxygen atoms in total. The van der Waals surface area contributed by atoms with Gasteiger partial charge in [-0.25, -0.2) is 16.4 Å². The number of Topliss-reactive ketones (excluding diaryl/α,β-unsaturated/α-hetero) is 3. The van der Waals surface area contributed by atoms with E-state index in [1.54, 1.807) is 57.2 Å². The molecule has 6 N–H and O–H groups in total. The smallest absolute Gasteiger partial charge is 0.378 e. The second-order valence-corrected chi connectivity index (χ2v) is 15.9. The Bertz CT molecular complexity index is 2020. The van der Waals surface area contributed by atoms with Crippen molar-refractivity contribution < 1.29 is 61.5 Å². The first-order valence-electron chi connectivity index (χ1n) is 20.9. The van der Waals surface area contributed by atoms with Crippen molar-refractivity contribution in [3.05, 3.63) is 161 Å². The number of nitrogens with one attached hydrogen (secondary N) is 3. The van der Waals surface area contributed by atoms with Crippen LogP contribution >= 0.6 is 0 Å². The molecule has 1 radical (unpaired) electrons. The first kappa shape index (κ1) is 60.3. The molecule has 3 amide bonds. The van der Waals surface area contributed by atoms with Gasteiger partial charge in [0.25, 0.3) is 17.7 Å². The van der Waals surface area contributed by atoms with E-state index >= 15 is 0 Å². The molecule has 0 saturated heterocycles. The third kappa shape index (κ3) is 22.9. The molecular weight excluding hydrogens is 896 g/mol. The van der Waals surface area contributed by atoms with Crippen LogP contribution in [0.25, 0.3) is 0 Å². The zero-order valence-electron chi connectivity index (χ0n) is 40.3. The van der Waals surface area contributed by atoms with Gasteiger partial charge in [0, 0.05) is 112 Å². The number of ketones is 3. The largest absolute Gasteiger partial charge is 3.00 e. The number of hydroxylamine groups is 3. The Labute approximate surface area is 405 Å². The van der Waals surface area contributed by atoms with Crippen LogP contribution in [-0.4, -0.2) is 93.0 Å². The summed E-state index contributed by atoms with van der Waals surface area (Å²) in [5.41, 5.74) is 11.9. The summed E-state index contributed by atoms with van der Waals surface area (Å²) in [7, 11) is 11.7. The Balaban J connectivity index is 0.000000968. The van der Waals surface area contributed by atoms with Gasteiger partial charge in [0.15, 0.2) is 17.3 Å². The maximum Gasteiger partial charge on any atom is 3.00 e. The SMILES string of the molecule is CC(/C=C/C(=O)NO)=C\C(C)C(=O)c1ccc(N(C)C)cc1.CC(/C=C/C(=O)NO)=C\C(C)C(=O)c1ccc(N(C)C)cc1.CC(/C=C/C(=O)NO)=C\C(C)C(=O)c1ccc(N(C)C)cc1.[Fe+3]. The summed E-state index contributed by atoms with van der Waals surface area (Å²) in [6, 6.07) is 22.3. The third-order valence-electron chi connectivity index (χ3n) is 9.61. The van der Waals surface area contributed by atoms with E-state index in [0.717, 1.165) is 33.8 Å². The molecule has 16 heteroatoms. The molecule has 67 heavy (non-hydrogen) atoms. The van der Waals surface area contributed by atoms with Gasteiger partial charge < -0.3 is 14.7 Å². The number of benzene rings is 3. The Morgan fingerprint density at radius 3 is 0.761 bits per heavy atom. The molecule has 0 aliphatic rings. The van der Waals surface area contributed by atoms with Gasteiger partial charge in [-0.2, -0.15) is 0 Å². The number of carbonyl (C=O) groups is 6. The summed E-state index contributed by atoms with van der Waals surface area (Å²) in [4.78, 5) is 75.7. The number of hydrogen-bond acceptors (Lipinski definition) is 12. The molecule has 0 aromatic heterocycles. The predicted octanol–water partition coefficient (Wildman–Crippen LogP) is 7.74. The van der Waals surface area contributed by atoms with E-state index in [1.165, 1.54) is 34.7 Å². The van der Waals surface area contributed by atoms with Crippen LogP contribution in [0.4, 0.5) is 17.1 Å². The average Bonchev–Trinajstić information content (AvgIpc) is 3.31. The number of allylic oxidation sites excluding steroid dienone is 9. The first-order chi connectivity index (χ1) is 31.0. The molecule has 0 aliphatic heterocycles. The zero-order chi connectivity index (χ0) is 50.1. The Morgan fingerprint density at radius 2 is 0.597 bits per heavy atom. The quantitative estimate of drug-likeness (QED) is 0.0181. The van der Waals surface area contributed by atoms with Crippen LogP contribution in [-0.2, 0) is 31.5 Å². The maximum absolute atomic E-state index is 12.4. The summed E-state index contributed by atoms with van der Waals surface area (Å²) < 4.78 is 0. The van der Waals surface area contributed by atoms with E-state index in [-0.39, 0.29) is 52.2 Å². The standard InChI is InChI=1S/3C17H22N2O3.Fe/c3*1-12(5-10-16(20)18-22)11-13(2)17(21)14-6-8-15(9-7-14)19(3)4;/h3*5-11,13,22H,1-4H3,(H,18,20);/q;;;+3/b3*10-5+,12-11+;. The number of rotatable bonds is 18. The molecule has 0 spiro atoms. The third-order valence-corrected chi connectivity index (χ3v) is 9.61. The van der Waals surface area contributed by atoms with Crippen molar-refractivity contribution in [1.29, 1.82) is 0 Å². The summed E-state index contributed by atoms with van der Waals surface area (Å²) in [6.07, 6.45) is 13.6. The normalized spacial score (nSPS) is 12.9. The van der Waals surface area contributed by atoms with Crippen LogP contribution < -0.4 is 31.1 Å². The average molecular weight is 963 g/mol. The topological polar surface area (TPSA) is 209 Å². The molecule has 3 aromatic rings. The van der Waals surface area contributed by atoms with Gasteiger partial charge in [0.05, 0.1) is 0 Å². The van der Waals surface area contributed by atoms with Crippen LogP contribution in [0, 0.1) is 17.8 Å². The van der Waals surface area contributed by atoms with Gasteiger partial charge >= 0.3 is 17.1 Å². The van der Waals surface area contributed by atoms with Gasteiger partial charge in [-0.3, -0.25) is 44.4 Å². The van der Waals surface area contributed by atoms with Crippen molar-refractivity contribution in [3.8, 4) is 0 Å². The molecule has 0 aliphatic carbocycles. The van der Waals surface area contributed by atoms with E-state index in [1.807, 2.05) is 151 Å². The Kier molecular flexibility index (Phi) is 28.2. The van der Waals surface area contributed by atoms with Gasteiger partial charge in [0.2, 0.25) is 0 Å². The van der Waals surface area contributed by atoms with Crippen LogP contribution in [0.5, 0.6) is 0 Å². The van der Waals surface area contributed by atoms with E-state index in [4.69, 9.17) is 15.6 Å². The molecule has 0 saturated carbocycles. The van der Waals surface area contributed by atoms with Crippen LogP contribution in [0.2, 0.25) is 0 Å². The summed E-state index contributed by atoms with van der Waals surface area (Å²) in [6.45, 7) is 10.8. The van der Waals surface area contributed by atoms with Crippen molar-refractivity contribution in [2.24, 2.45) is 17.8 Å². The zero-order valence-corrected chi connectivity index (χ0v) is 41.4. The summed E-state index contributed by atoms with van der Waals surface area (Å²) in [5, 5.41) is 25.2. The van der Waals surface area contributed by atoms with E-state index < -0.39 is 17.7 Å². The summed E-state index contributed by atoms with van der Waals surface area (Å²) >= 11 is 0.